The van der Waals surface area contributed by atoms with Crippen LogP contribution in [0.2, 0.25) is 0 Å². The Hall–Kier alpha value is -2.86. The number of nitrogens with zero attached hydrogens (tertiary/aromatic N) is 1. The van der Waals surface area contributed by atoms with Gasteiger partial charge in [0.05, 0.1) is 24.9 Å². The Balaban J connectivity index is 2.12. The van der Waals surface area contributed by atoms with Crippen molar-refractivity contribution in [3.63, 3.8) is 0 Å². The quantitative estimate of drug-likeness (QED) is 0.763. The van der Waals surface area contributed by atoms with Crippen LogP contribution in [0, 0.1) is 0 Å². The van der Waals surface area contributed by atoms with Gasteiger partial charge in [-0.1, -0.05) is 32.0 Å². The molecule has 2 aromatic rings. The third-order valence-corrected chi connectivity index (χ3v) is 4.04. The second-order valence-corrected chi connectivity index (χ2v) is 5.74. The number of hydrogen-bond acceptors (Lipinski definition) is 4. The van der Waals surface area contributed by atoms with E-state index in [1.165, 1.54) is 0 Å². The van der Waals surface area contributed by atoms with Crippen molar-refractivity contribution in [3.8, 4) is 5.75 Å². The molecule has 0 aliphatic heterocycles. The van der Waals surface area contributed by atoms with Crippen LogP contribution in [0.5, 0.6) is 5.75 Å². The van der Waals surface area contributed by atoms with Gasteiger partial charge in [-0.15, -0.1) is 0 Å². The van der Waals surface area contributed by atoms with E-state index < -0.39 is 0 Å². The molecule has 0 aromatic heterocycles. The van der Waals surface area contributed by atoms with Crippen molar-refractivity contribution >= 4 is 23.2 Å². The van der Waals surface area contributed by atoms with Crippen LogP contribution in [0.15, 0.2) is 48.5 Å². The van der Waals surface area contributed by atoms with Crippen molar-refractivity contribution in [1.29, 1.82) is 0 Å². The number of carbonyl (C=O) groups is 2. The van der Waals surface area contributed by atoms with Gasteiger partial charge in [0, 0.05) is 11.8 Å². The zero-order valence-electron chi connectivity index (χ0n) is 15.4. The molecular formula is C20H25N3O3. The molecule has 2 N–H and O–H groups in total. The molecule has 0 saturated carbocycles. The van der Waals surface area contributed by atoms with E-state index in [-0.39, 0.29) is 11.8 Å². The fraction of sp³-hybridized carbons (Fsp3) is 0.300. The number of rotatable bonds is 8. The maximum Gasteiger partial charge on any atom is 0.257 e. The molecule has 0 fully saturated rings. The van der Waals surface area contributed by atoms with E-state index in [1.54, 1.807) is 55.6 Å². The van der Waals surface area contributed by atoms with Crippen LogP contribution in [0.4, 0.5) is 11.4 Å². The highest BCUT2D eigenvalue weighted by Crippen LogP contribution is 2.20. The topological polar surface area (TPSA) is 70.7 Å². The van der Waals surface area contributed by atoms with E-state index >= 15 is 0 Å². The molecule has 6 nitrogen and oxygen atoms in total. The lowest BCUT2D eigenvalue weighted by atomic mass is 10.1. The molecule has 0 saturated heterocycles. The maximum absolute atomic E-state index is 12.6. The van der Waals surface area contributed by atoms with Gasteiger partial charge in [-0.2, -0.15) is 0 Å². The largest absolute Gasteiger partial charge is 0.497 e. The number of para-hydroxylation sites is 1. The summed E-state index contributed by atoms with van der Waals surface area (Å²) in [6.07, 6.45) is 0. The number of hydrogen-bond donors (Lipinski definition) is 2. The van der Waals surface area contributed by atoms with Crippen molar-refractivity contribution in [3.05, 3.63) is 54.1 Å². The summed E-state index contributed by atoms with van der Waals surface area (Å²) in [5, 5.41) is 5.66. The van der Waals surface area contributed by atoms with Gasteiger partial charge >= 0.3 is 0 Å². The SMILES string of the molecule is CCN(CC)CC(=O)Nc1ccccc1C(=O)Nc1cccc(OC)c1. The van der Waals surface area contributed by atoms with Gasteiger partial charge in [0.1, 0.15) is 5.75 Å². The summed E-state index contributed by atoms with van der Waals surface area (Å²) in [7, 11) is 1.57. The first-order valence-corrected chi connectivity index (χ1v) is 8.64. The van der Waals surface area contributed by atoms with Gasteiger partial charge in [0.15, 0.2) is 0 Å². The second-order valence-electron chi connectivity index (χ2n) is 5.74. The molecule has 0 bridgehead atoms. The summed E-state index contributed by atoms with van der Waals surface area (Å²) in [5.74, 6) is 0.218. The number of nitrogens with one attached hydrogen (secondary N) is 2. The number of methoxy groups -OCH3 is 1. The van der Waals surface area contributed by atoms with Crippen molar-refractivity contribution in [1.82, 2.24) is 4.90 Å². The number of ether oxygens (including phenoxy) is 1. The van der Waals surface area contributed by atoms with Crippen molar-refractivity contribution in [2.45, 2.75) is 13.8 Å². The third-order valence-electron chi connectivity index (χ3n) is 4.04. The molecule has 0 aliphatic rings. The standard InChI is InChI=1S/C20H25N3O3/c1-4-23(5-2)14-19(24)22-18-12-7-6-11-17(18)20(25)21-15-9-8-10-16(13-15)26-3/h6-13H,4-5,14H2,1-3H3,(H,21,25)(H,22,24). The Morgan fingerprint density at radius 1 is 1.00 bits per heavy atom. The van der Waals surface area contributed by atoms with E-state index in [4.69, 9.17) is 4.74 Å². The maximum atomic E-state index is 12.6. The minimum Gasteiger partial charge on any atom is -0.497 e. The summed E-state index contributed by atoms with van der Waals surface area (Å²) in [6.45, 7) is 5.89. The molecule has 0 atom stereocenters. The molecular weight excluding hydrogens is 330 g/mol. The Labute approximate surface area is 154 Å². The molecule has 2 amide bonds. The lowest BCUT2D eigenvalue weighted by molar-refractivity contribution is -0.117. The van der Waals surface area contributed by atoms with Gasteiger partial charge in [-0.05, 0) is 37.4 Å². The Bertz CT molecular complexity index is 757. The molecule has 26 heavy (non-hydrogen) atoms. The predicted octanol–water partition coefficient (Wildman–Crippen LogP) is 3.23. The molecule has 0 spiro atoms. The zero-order chi connectivity index (χ0) is 18.9. The van der Waals surface area contributed by atoms with E-state index in [0.29, 0.717) is 29.2 Å². The van der Waals surface area contributed by atoms with Crippen molar-refractivity contribution in [2.24, 2.45) is 0 Å². The first kappa shape index (κ1) is 19.5. The summed E-state index contributed by atoms with van der Waals surface area (Å²) in [6, 6.07) is 14.1. The highest BCUT2D eigenvalue weighted by Gasteiger charge is 2.14. The number of amides is 2. The number of likely N-dealkylation sites (N-methyl/N-ethyl adjacent to an activating group) is 1. The monoisotopic (exact) mass is 355 g/mol. The van der Waals surface area contributed by atoms with Crippen LogP contribution >= 0.6 is 0 Å². The molecule has 2 rings (SSSR count). The van der Waals surface area contributed by atoms with Gasteiger partial charge in [-0.25, -0.2) is 0 Å². The average molecular weight is 355 g/mol. The predicted molar refractivity (Wildman–Crippen MR) is 104 cm³/mol. The van der Waals surface area contributed by atoms with Crippen LogP contribution in [-0.4, -0.2) is 43.5 Å². The van der Waals surface area contributed by atoms with E-state index in [2.05, 4.69) is 10.6 Å². The molecule has 138 valence electrons. The molecule has 0 radical (unpaired) electrons. The smallest absolute Gasteiger partial charge is 0.257 e. The normalized spacial score (nSPS) is 10.5. The van der Waals surface area contributed by atoms with Gasteiger partial charge < -0.3 is 15.4 Å². The molecule has 0 heterocycles. The first-order valence-electron chi connectivity index (χ1n) is 8.64. The fourth-order valence-corrected chi connectivity index (χ4v) is 2.53. The lowest BCUT2D eigenvalue weighted by Gasteiger charge is -2.18. The van der Waals surface area contributed by atoms with Crippen molar-refractivity contribution < 1.29 is 14.3 Å². The summed E-state index contributed by atoms with van der Waals surface area (Å²) in [4.78, 5) is 26.9. The number of benzene rings is 2. The summed E-state index contributed by atoms with van der Waals surface area (Å²) >= 11 is 0. The van der Waals surface area contributed by atoms with Crippen LogP contribution in [-0.2, 0) is 4.79 Å². The Kier molecular flexibility index (Phi) is 7.17. The van der Waals surface area contributed by atoms with Gasteiger partial charge in [-0.3, -0.25) is 14.5 Å². The molecule has 6 heteroatoms. The lowest BCUT2D eigenvalue weighted by Crippen LogP contribution is -2.33. The van der Waals surface area contributed by atoms with E-state index in [1.807, 2.05) is 18.7 Å². The van der Waals surface area contributed by atoms with Crippen LogP contribution < -0.4 is 15.4 Å². The Morgan fingerprint density at radius 2 is 1.73 bits per heavy atom. The van der Waals surface area contributed by atoms with Gasteiger partial charge in [0.25, 0.3) is 5.91 Å². The zero-order valence-corrected chi connectivity index (χ0v) is 15.4. The average Bonchev–Trinajstić information content (AvgIpc) is 2.66. The minimum absolute atomic E-state index is 0.143. The minimum atomic E-state index is -0.294. The van der Waals surface area contributed by atoms with Crippen LogP contribution in [0.25, 0.3) is 0 Å². The summed E-state index contributed by atoms with van der Waals surface area (Å²) < 4.78 is 5.16. The highest BCUT2D eigenvalue weighted by atomic mass is 16.5. The molecule has 0 aliphatic carbocycles. The first-order chi connectivity index (χ1) is 12.6. The third kappa shape index (κ3) is 5.32. The molecule has 2 aromatic carbocycles. The number of anilines is 2. The van der Waals surface area contributed by atoms with E-state index in [0.717, 1.165) is 13.1 Å². The van der Waals surface area contributed by atoms with E-state index in [9.17, 15) is 9.59 Å². The fourth-order valence-electron chi connectivity index (χ4n) is 2.53. The highest BCUT2D eigenvalue weighted by molar-refractivity contribution is 6.10. The van der Waals surface area contributed by atoms with Gasteiger partial charge in [0.2, 0.25) is 5.91 Å². The second kappa shape index (κ2) is 9.58. The number of carbonyl (C=O) groups excluding carboxylic acids is 2. The Morgan fingerprint density at radius 3 is 2.42 bits per heavy atom. The summed E-state index contributed by atoms with van der Waals surface area (Å²) in [5.41, 5.74) is 1.52. The van der Waals surface area contributed by atoms with Crippen LogP contribution in [0.1, 0.15) is 24.2 Å². The molecule has 0 unspecified atom stereocenters. The van der Waals surface area contributed by atoms with Crippen LogP contribution in [0.3, 0.4) is 0 Å². The van der Waals surface area contributed by atoms with Crippen molar-refractivity contribution in [2.75, 3.05) is 37.4 Å².